The van der Waals surface area contributed by atoms with E-state index in [1.165, 1.54) is 10.9 Å². The number of hydrogen-bond donors (Lipinski definition) is 1. The number of rotatable bonds is 4. The SMILES string of the molecule is CCC(C)c1cnn(-c2ccc(Cl)cc2C(=O)O)n1. The van der Waals surface area contributed by atoms with Crippen molar-refractivity contribution in [2.75, 3.05) is 0 Å². The lowest BCUT2D eigenvalue weighted by Crippen LogP contribution is -2.08. The third kappa shape index (κ3) is 2.76. The minimum Gasteiger partial charge on any atom is -0.478 e. The summed E-state index contributed by atoms with van der Waals surface area (Å²) in [5.74, 6) is -0.769. The van der Waals surface area contributed by atoms with Crippen LogP contribution < -0.4 is 0 Å². The third-order valence-electron chi connectivity index (χ3n) is 3.03. The van der Waals surface area contributed by atoms with Crippen molar-refractivity contribution < 1.29 is 9.90 Å². The van der Waals surface area contributed by atoms with Crippen molar-refractivity contribution in [3.8, 4) is 5.69 Å². The molecule has 2 rings (SSSR count). The smallest absolute Gasteiger partial charge is 0.338 e. The van der Waals surface area contributed by atoms with E-state index in [4.69, 9.17) is 11.6 Å². The molecule has 1 atom stereocenters. The number of carbonyl (C=O) groups is 1. The Hall–Kier alpha value is -1.88. The Balaban J connectivity index is 2.47. The molecule has 1 N–H and O–H groups in total. The summed E-state index contributed by atoms with van der Waals surface area (Å²) in [5, 5.41) is 18.0. The highest BCUT2D eigenvalue weighted by Gasteiger charge is 2.15. The van der Waals surface area contributed by atoms with E-state index >= 15 is 0 Å². The van der Waals surface area contributed by atoms with Crippen molar-refractivity contribution in [3.63, 3.8) is 0 Å². The lowest BCUT2D eigenvalue weighted by molar-refractivity contribution is 0.0696. The maximum atomic E-state index is 11.2. The van der Waals surface area contributed by atoms with Crippen molar-refractivity contribution in [1.29, 1.82) is 0 Å². The van der Waals surface area contributed by atoms with Gasteiger partial charge < -0.3 is 5.11 Å². The average molecular weight is 280 g/mol. The summed E-state index contributed by atoms with van der Waals surface area (Å²) in [6.45, 7) is 4.11. The fourth-order valence-electron chi connectivity index (χ4n) is 1.68. The van der Waals surface area contributed by atoms with E-state index in [0.717, 1.165) is 12.1 Å². The van der Waals surface area contributed by atoms with Gasteiger partial charge in [-0.2, -0.15) is 15.0 Å². The van der Waals surface area contributed by atoms with E-state index in [1.807, 2.05) is 6.92 Å². The van der Waals surface area contributed by atoms with Gasteiger partial charge in [0.2, 0.25) is 0 Å². The predicted molar refractivity (Wildman–Crippen MR) is 72.0 cm³/mol. The van der Waals surface area contributed by atoms with Gasteiger partial charge in [-0.05, 0) is 24.6 Å². The van der Waals surface area contributed by atoms with Gasteiger partial charge in [0.15, 0.2) is 0 Å². The molecular formula is C13H14ClN3O2. The van der Waals surface area contributed by atoms with Crippen LogP contribution in [0.3, 0.4) is 0 Å². The zero-order chi connectivity index (χ0) is 14.0. The molecular weight excluding hydrogens is 266 g/mol. The van der Waals surface area contributed by atoms with Crippen LogP contribution in [0.5, 0.6) is 0 Å². The number of aromatic carboxylic acids is 1. The molecule has 19 heavy (non-hydrogen) atoms. The molecule has 1 heterocycles. The Bertz CT molecular complexity index is 610. The Morgan fingerprint density at radius 1 is 1.53 bits per heavy atom. The molecule has 0 amide bonds. The van der Waals surface area contributed by atoms with Gasteiger partial charge in [-0.15, -0.1) is 0 Å². The van der Waals surface area contributed by atoms with Gasteiger partial charge in [0, 0.05) is 10.9 Å². The van der Waals surface area contributed by atoms with Crippen molar-refractivity contribution >= 4 is 17.6 Å². The molecule has 0 saturated carbocycles. The molecule has 1 unspecified atom stereocenters. The molecule has 0 saturated heterocycles. The second-order valence-electron chi connectivity index (χ2n) is 4.33. The van der Waals surface area contributed by atoms with Crippen molar-refractivity contribution in [2.24, 2.45) is 0 Å². The first kappa shape index (κ1) is 13.5. The maximum Gasteiger partial charge on any atom is 0.338 e. The fourth-order valence-corrected chi connectivity index (χ4v) is 1.85. The Kier molecular flexibility index (Phi) is 3.85. The largest absolute Gasteiger partial charge is 0.478 e. The van der Waals surface area contributed by atoms with Crippen LogP contribution in [0.4, 0.5) is 0 Å². The summed E-state index contributed by atoms with van der Waals surface area (Å²) < 4.78 is 0. The van der Waals surface area contributed by atoms with Crippen LogP contribution in [0.15, 0.2) is 24.4 Å². The van der Waals surface area contributed by atoms with Gasteiger partial charge in [0.25, 0.3) is 0 Å². The second kappa shape index (κ2) is 5.40. The maximum absolute atomic E-state index is 11.2. The van der Waals surface area contributed by atoms with E-state index in [-0.39, 0.29) is 11.5 Å². The first-order valence-corrected chi connectivity index (χ1v) is 6.36. The van der Waals surface area contributed by atoms with Crippen LogP contribution in [0, 0.1) is 0 Å². The fraction of sp³-hybridized carbons (Fsp3) is 0.308. The summed E-state index contributed by atoms with van der Waals surface area (Å²) in [6, 6.07) is 4.62. The van der Waals surface area contributed by atoms with Crippen LogP contribution in [-0.2, 0) is 0 Å². The Morgan fingerprint density at radius 2 is 2.26 bits per heavy atom. The van der Waals surface area contributed by atoms with E-state index in [0.29, 0.717) is 10.7 Å². The molecule has 100 valence electrons. The van der Waals surface area contributed by atoms with Crippen LogP contribution >= 0.6 is 11.6 Å². The number of carboxylic acid groups (broad SMARTS) is 1. The summed E-state index contributed by atoms with van der Waals surface area (Å²) >= 11 is 5.81. The molecule has 1 aromatic carbocycles. The minimum atomic E-state index is -1.06. The lowest BCUT2D eigenvalue weighted by Gasteiger charge is -2.06. The molecule has 2 aromatic rings. The predicted octanol–water partition coefficient (Wildman–Crippen LogP) is 3.13. The van der Waals surface area contributed by atoms with Gasteiger partial charge >= 0.3 is 5.97 Å². The summed E-state index contributed by atoms with van der Waals surface area (Å²) in [4.78, 5) is 12.6. The van der Waals surface area contributed by atoms with Crippen LogP contribution in [0.1, 0.15) is 42.2 Å². The van der Waals surface area contributed by atoms with Gasteiger partial charge in [-0.25, -0.2) is 4.79 Å². The van der Waals surface area contributed by atoms with Gasteiger partial charge in [0.05, 0.1) is 17.5 Å². The first-order chi connectivity index (χ1) is 9.02. The van der Waals surface area contributed by atoms with E-state index in [2.05, 4.69) is 17.1 Å². The number of nitrogens with zero attached hydrogens (tertiary/aromatic N) is 3. The number of halogens is 1. The average Bonchev–Trinajstić information content (AvgIpc) is 2.87. The Morgan fingerprint density at radius 3 is 2.89 bits per heavy atom. The van der Waals surface area contributed by atoms with Gasteiger partial charge in [-0.1, -0.05) is 25.4 Å². The molecule has 6 heteroatoms. The van der Waals surface area contributed by atoms with Crippen LogP contribution in [0.2, 0.25) is 5.02 Å². The van der Waals surface area contributed by atoms with E-state index < -0.39 is 5.97 Å². The van der Waals surface area contributed by atoms with Crippen LogP contribution in [0.25, 0.3) is 5.69 Å². The second-order valence-corrected chi connectivity index (χ2v) is 4.77. The standard InChI is InChI=1S/C13H14ClN3O2/c1-3-8(2)11-7-15-17(16-11)12-5-4-9(14)6-10(12)13(18)19/h4-8H,3H2,1-2H3,(H,18,19). The van der Waals surface area contributed by atoms with Crippen molar-refractivity contribution in [1.82, 2.24) is 15.0 Å². The molecule has 0 bridgehead atoms. The normalized spacial score (nSPS) is 12.4. The third-order valence-corrected chi connectivity index (χ3v) is 3.27. The highest BCUT2D eigenvalue weighted by atomic mass is 35.5. The molecule has 0 spiro atoms. The molecule has 1 aromatic heterocycles. The quantitative estimate of drug-likeness (QED) is 0.933. The highest BCUT2D eigenvalue weighted by molar-refractivity contribution is 6.31. The van der Waals surface area contributed by atoms with Crippen molar-refractivity contribution in [3.05, 3.63) is 40.7 Å². The molecule has 0 fully saturated rings. The van der Waals surface area contributed by atoms with E-state index in [9.17, 15) is 9.90 Å². The van der Waals surface area contributed by atoms with Gasteiger partial charge in [0.1, 0.15) is 5.69 Å². The summed E-state index contributed by atoms with van der Waals surface area (Å²) in [7, 11) is 0. The molecule has 0 aliphatic carbocycles. The number of aromatic nitrogens is 3. The van der Waals surface area contributed by atoms with Crippen molar-refractivity contribution in [2.45, 2.75) is 26.2 Å². The lowest BCUT2D eigenvalue weighted by atomic mass is 10.1. The van der Waals surface area contributed by atoms with E-state index in [1.54, 1.807) is 18.3 Å². The Labute approximate surface area is 115 Å². The highest BCUT2D eigenvalue weighted by Crippen LogP contribution is 2.21. The molecule has 0 aliphatic heterocycles. The molecule has 0 radical (unpaired) electrons. The summed E-state index contributed by atoms with van der Waals surface area (Å²) in [5.41, 5.74) is 1.33. The zero-order valence-corrected chi connectivity index (χ0v) is 11.4. The minimum absolute atomic E-state index is 0.0822. The number of benzene rings is 1. The number of hydrogen-bond acceptors (Lipinski definition) is 3. The topological polar surface area (TPSA) is 68.0 Å². The van der Waals surface area contributed by atoms with Crippen LogP contribution in [-0.4, -0.2) is 26.1 Å². The molecule has 5 nitrogen and oxygen atoms in total. The monoisotopic (exact) mass is 279 g/mol. The summed E-state index contributed by atoms with van der Waals surface area (Å²) in [6.07, 6.45) is 2.61. The van der Waals surface area contributed by atoms with Gasteiger partial charge in [-0.3, -0.25) is 0 Å². The first-order valence-electron chi connectivity index (χ1n) is 5.98. The number of carboxylic acids is 1. The zero-order valence-electron chi connectivity index (χ0n) is 10.7. The molecule has 0 aliphatic rings.